The van der Waals surface area contributed by atoms with Crippen LogP contribution in [0.4, 0.5) is 57.8 Å². The van der Waals surface area contributed by atoms with Crippen molar-refractivity contribution in [2.24, 2.45) is 0 Å². The zero-order valence-electron chi connectivity index (χ0n) is 60.5. The predicted octanol–water partition coefficient (Wildman–Crippen LogP) is 22.5. The fraction of sp³-hybridized carbons (Fsp3) is 0.122. The van der Waals surface area contributed by atoms with Crippen LogP contribution in [-0.4, -0.2) is 85.0 Å². The van der Waals surface area contributed by atoms with Gasteiger partial charge in [0.1, 0.15) is 45.9 Å². The molecule has 1 aliphatic heterocycles. The lowest BCUT2D eigenvalue weighted by molar-refractivity contribution is -0.0589. The quantitative estimate of drug-likeness (QED) is 0.0142. The van der Waals surface area contributed by atoms with Crippen LogP contribution in [-0.2, 0) is 4.74 Å². The number of aliphatic hydroxyl groups is 1. The number of nitrogens with one attached hydrogen (secondary N) is 3. The third-order valence-electron chi connectivity index (χ3n) is 14.9. The fourth-order valence-corrected chi connectivity index (χ4v) is 12.0. The first-order valence-electron chi connectivity index (χ1n) is 34.2. The normalized spacial score (nSPS) is 11.4. The summed E-state index contributed by atoms with van der Waals surface area (Å²) in [6.45, 7) is 6.67. The van der Waals surface area contributed by atoms with Gasteiger partial charge in [0.25, 0.3) is 0 Å². The summed E-state index contributed by atoms with van der Waals surface area (Å²) in [6.07, 6.45) is 14.9. The van der Waals surface area contributed by atoms with Gasteiger partial charge in [-0.1, -0.05) is 109 Å². The maximum Gasteiger partial charge on any atom is 0.490 e. The molecule has 7 heterocycles. The maximum absolute atomic E-state index is 13.5. The summed E-state index contributed by atoms with van der Waals surface area (Å²) in [7, 11) is -1.40. The molecule has 8 aromatic carbocycles. The first kappa shape index (κ1) is 91.2. The SMILES string of the molecule is C#CCC.CCC#Cc1ccc2nc(-c3cccnc3)nc(Nc3ccc(F)c(Cl)c3)c2c1.CCC#Cc1ccc2nc(Cl)nc(Nc3ccc(F)c(Cl)c3)c2c1.Clc1nc(Cl)c2cc(I)ccc2n1.Fc1ccc(Nc2nc(Cl)nc3ccc(I)cc23)cc1Cl.Nc1ccc(F)c(Cl)c1.OB(O)c1cccnc1.OC1CCCO1. The Morgan fingerprint density at radius 1 is 0.496 bits per heavy atom. The number of nitrogens with two attached hydrogens (primary N) is 1. The van der Waals surface area contributed by atoms with Crippen molar-refractivity contribution < 1.29 is 37.5 Å². The maximum atomic E-state index is 13.5. The zero-order chi connectivity index (χ0) is 83.1. The van der Waals surface area contributed by atoms with Gasteiger partial charge in [0.05, 0.1) is 42.2 Å². The molecular formula is C82H63BCl8F4I2N14O4. The Labute approximate surface area is 727 Å². The zero-order valence-corrected chi connectivity index (χ0v) is 70.9. The highest BCUT2D eigenvalue weighted by atomic mass is 127. The molecular weight excluding hydrogens is 1870 g/mol. The van der Waals surface area contributed by atoms with E-state index >= 15 is 0 Å². The highest BCUT2D eigenvalue weighted by Gasteiger charge is 2.16. The Balaban J connectivity index is 0.000000175. The van der Waals surface area contributed by atoms with E-state index in [0.29, 0.717) is 62.2 Å². The number of anilines is 7. The van der Waals surface area contributed by atoms with Crippen molar-refractivity contribution in [3.8, 4) is 47.4 Å². The van der Waals surface area contributed by atoms with Gasteiger partial charge in [0.2, 0.25) is 15.9 Å². The van der Waals surface area contributed by atoms with Crippen molar-refractivity contribution in [3.63, 3.8) is 0 Å². The molecule has 14 aromatic rings. The van der Waals surface area contributed by atoms with E-state index in [1.807, 2.05) is 106 Å². The Morgan fingerprint density at radius 3 is 1.30 bits per heavy atom. The number of ether oxygens (including phenoxy) is 1. The molecule has 1 aliphatic rings. The number of aromatic nitrogens is 10. The summed E-state index contributed by atoms with van der Waals surface area (Å²) in [5, 5.41) is 39.3. The Kier molecular flexibility index (Phi) is 36.8. The number of halogens is 14. The summed E-state index contributed by atoms with van der Waals surface area (Å²) in [6, 6.07) is 47.1. The highest BCUT2D eigenvalue weighted by molar-refractivity contribution is 14.1. The van der Waals surface area contributed by atoms with Crippen LogP contribution in [0.15, 0.2) is 195 Å². The van der Waals surface area contributed by atoms with Crippen molar-refractivity contribution in [1.29, 1.82) is 0 Å². The molecule has 33 heteroatoms. The number of terminal acetylenes is 1. The van der Waals surface area contributed by atoms with Gasteiger partial charge >= 0.3 is 7.12 Å². The van der Waals surface area contributed by atoms with Gasteiger partial charge in [0.15, 0.2) is 12.1 Å². The number of nitrogen functional groups attached to an aromatic ring is 1. The average molecular weight is 1930 g/mol. The molecule has 0 amide bonds. The van der Waals surface area contributed by atoms with Crippen molar-refractivity contribution in [2.45, 2.75) is 59.2 Å². The van der Waals surface area contributed by atoms with Gasteiger partial charge in [-0.2, -0.15) is 9.97 Å². The molecule has 0 aliphatic carbocycles. The number of benzene rings is 8. The molecule has 0 bridgehead atoms. The summed E-state index contributed by atoms with van der Waals surface area (Å²) in [5.74, 6) is 15.0. The van der Waals surface area contributed by atoms with Crippen LogP contribution in [0.25, 0.3) is 55.0 Å². The molecule has 1 saturated heterocycles. The topological polar surface area (TPSA) is 261 Å². The van der Waals surface area contributed by atoms with Crippen LogP contribution < -0.4 is 27.1 Å². The van der Waals surface area contributed by atoms with Crippen LogP contribution in [0.5, 0.6) is 0 Å². The van der Waals surface area contributed by atoms with E-state index in [9.17, 15) is 17.6 Å². The van der Waals surface area contributed by atoms with Crippen molar-refractivity contribution in [3.05, 3.63) is 277 Å². The minimum atomic E-state index is -1.40. The summed E-state index contributed by atoms with van der Waals surface area (Å²) in [5.41, 5.74) is 13.5. The van der Waals surface area contributed by atoms with Gasteiger partial charge in [-0.15, -0.1) is 12.3 Å². The third-order valence-corrected chi connectivity index (χ3v) is 18.2. The van der Waals surface area contributed by atoms with Gasteiger partial charge in [-0.25, -0.2) is 47.5 Å². The number of fused-ring (bicyclic) bond motifs is 4. The van der Waals surface area contributed by atoms with E-state index in [1.54, 1.807) is 48.9 Å². The molecule has 0 radical (unpaired) electrons. The van der Waals surface area contributed by atoms with Crippen molar-refractivity contribution in [2.75, 3.05) is 28.3 Å². The number of hydrogen-bond donors (Lipinski definition) is 7. The van der Waals surface area contributed by atoms with Gasteiger partial charge in [-0.05, 0) is 250 Å². The van der Waals surface area contributed by atoms with Gasteiger partial charge < -0.3 is 41.6 Å². The molecule has 115 heavy (non-hydrogen) atoms. The highest BCUT2D eigenvalue weighted by Crippen LogP contribution is 2.34. The Hall–Kier alpha value is -9.30. The average Bonchev–Trinajstić information content (AvgIpc) is 1.07. The van der Waals surface area contributed by atoms with Crippen LogP contribution in [0, 0.1) is 66.4 Å². The molecule has 15 rings (SSSR count). The lowest BCUT2D eigenvalue weighted by Crippen LogP contribution is -2.29. The van der Waals surface area contributed by atoms with Crippen molar-refractivity contribution in [1.82, 2.24) is 49.8 Å². The molecule has 1 atom stereocenters. The molecule has 1 unspecified atom stereocenters. The smallest absolute Gasteiger partial charge is 0.423 e. The van der Waals surface area contributed by atoms with Crippen LogP contribution in [0.2, 0.25) is 41.1 Å². The van der Waals surface area contributed by atoms with E-state index in [0.717, 1.165) is 101 Å². The van der Waals surface area contributed by atoms with E-state index in [1.165, 1.54) is 60.8 Å². The second-order valence-corrected chi connectivity index (χ2v) is 28.8. The number of hydrogen-bond acceptors (Lipinski definition) is 18. The van der Waals surface area contributed by atoms with Crippen molar-refractivity contribution >= 4 is 234 Å². The Bertz CT molecular complexity index is 5870. The van der Waals surface area contributed by atoms with E-state index in [4.69, 9.17) is 130 Å². The lowest BCUT2D eigenvalue weighted by atomic mass is 9.82. The molecule has 8 N–H and O–H groups in total. The number of aliphatic hydroxyl groups excluding tert-OH is 1. The first-order chi connectivity index (χ1) is 55.2. The number of nitrogens with zero attached hydrogens (tertiary/aromatic N) is 10. The van der Waals surface area contributed by atoms with E-state index in [-0.39, 0.29) is 35.9 Å². The molecule has 586 valence electrons. The monoisotopic (exact) mass is 1930 g/mol. The largest absolute Gasteiger partial charge is 0.490 e. The second-order valence-electron chi connectivity index (χ2n) is 23.3. The van der Waals surface area contributed by atoms with E-state index in [2.05, 4.69) is 136 Å². The van der Waals surface area contributed by atoms with Crippen LogP contribution in [0.3, 0.4) is 0 Å². The molecule has 0 saturated carbocycles. The molecule has 1 fully saturated rings. The minimum Gasteiger partial charge on any atom is -0.423 e. The lowest BCUT2D eigenvalue weighted by Gasteiger charge is -2.12. The Morgan fingerprint density at radius 2 is 0.913 bits per heavy atom. The summed E-state index contributed by atoms with van der Waals surface area (Å²) in [4.78, 5) is 41.9. The molecule has 18 nitrogen and oxygen atoms in total. The minimum absolute atomic E-state index is 0.0268. The van der Waals surface area contributed by atoms with Crippen LogP contribution in [0.1, 0.15) is 64.0 Å². The predicted molar refractivity (Wildman–Crippen MR) is 475 cm³/mol. The second kappa shape index (κ2) is 46.4. The summed E-state index contributed by atoms with van der Waals surface area (Å²) >= 11 is 50.8. The van der Waals surface area contributed by atoms with Crippen LogP contribution >= 0.6 is 138 Å². The molecule has 0 spiro atoms. The number of pyridine rings is 2. The fourth-order valence-electron chi connectivity index (χ4n) is 9.52. The number of rotatable bonds is 8. The van der Waals surface area contributed by atoms with Gasteiger partial charge in [-0.3, -0.25) is 9.97 Å². The molecule has 6 aromatic heterocycles. The summed E-state index contributed by atoms with van der Waals surface area (Å²) < 4.78 is 59.2. The standard InChI is InChI=1S/C23H16ClFN4.C18H12Cl2FN3.C14H7Cl2FIN3.C8H3Cl2IN2.C6H5ClFN.C5H6BNO2.C4H8O2.C4H6/c1-2-3-5-15-7-10-21-18(12-15)23(27-17-8-9-20(25)19(24)13-17)29-22(28-21)16-6-4-11-26-14-16;1-2-3-4-11-5-8-16-13(9-11)17(24-18(20)23-16)22-12-6-7-15(21)14(19)10-12;15-10-6-8(2-3-11(10)17)19-13-9-5-7(18)1-4-12(9)20-14(16)21-13;9-7-5-3-4(11)1-2-6(5)12-8(10)13-7;7-5-3-4(9)1-2-6(5)8;8-6(9)5-2-1-3-7-4-5;5-4-2-1-3-6-4;1-3-4-2/h4,6-14H,2H2,1H3,(H,27,28,29);5-10H,2H2,1H3,(H,22,23,24);1-6H,(H,19,20,21);1-3H;1-3H,9H2;1-4,8-9H;4-5H,1-3H2;1H,4H2,2H3. The third kappa shape index (κ3) is 29.1. The van der Waals surface area contributed by atoms with Gasteiger partial charge in [0, 0.05) is 131 Å². The first-order valence-corrected chi connectivity index (χ1v) is 39.3. The van der Waals surface area contributed by atoms with E-state index < -0.39 is 36.7 Å².